The molecule has 3 aliphatic heterocycles. The number of hydrogen-bond acceptors (Lipinski definition) is 3. The van der Waals surface area contributed by atoms with Crippen molar-refractivity contribution in [3.63, 3.8) is 0 Å². The van der Waals surface area contributed by atoms with Gasteiger partial charge >= 0.3 is 0 Å². The van der Waals surface area contributed by atoms with Crippen LogP contribution >= 0.6 is 0 Å². The van der Waals surface area contributed by atoms with E-state index in [0.29, 0.717) is 0 Å². The van der Waals surface area contributed by atoms with Gasteiger partial charge in [-0.15, -0.1) is 0 Å². The second kappa shape index (κ2) is 5.93. The summed E-state index contributed by atoms with van der Waals surface area (Å²) in [5, 5.41) is 7.23. The second-order valence-electron chi connectivity index (χ2n) is 5.99. The number of hydrogen-bond donors (Lipinski definition) is 2. The number of nitrogens with one attached hydrogen (secondary N) is 2. The minimum Gasteiger partial charge on any atom is -0.384 e. The van der Waals surface area contributed by atoms with Gasteiger partial charge in [-0.25, -0.2) is 0 Å². The van der Waals surface area contributed by atoms with Crippen LogP contribution in [0.2, 0.25) is 0 Å². The lowest BCUT2D eigenvalue weighted by molar-refractivity contribution is 0.0735. The largest absolute Gasteiger partial charge is 0.384 e. The molecule has 4 rings (SSSR count). The lowest BCUT2D eigenvalue weighted by Crippen LogP contribution is -2.56. The van der Waals surface area contributed by atoms with Crippen molar-refractivity contribution >= 4 is 5.69 Å². The zero-order valence-corrected chi connectivity index (χ0v) is 11.9. The fourth-order valence-corrected chi connectivity index (χ4v) is 3.42. The summed E-state index contributed by atoms with van der Waals surface area (Å²) in [4.78, 5) is 2.60. The molecule has 3 fully saturated rings. The number of piperidine rings is 3. The fraction of sp³-hybridized carbons (Fsp3) is 0.625. The van der Waals surface area contributed by atoms with E-state index in [2.05, 4.69) is 46.7 Å². The first kappa shape index (κ1) is 12.9. The second-order valence-corrected chi connectivity index (χ2v) is 5.99. The number of rotatable bonds is 5. The minimum absolute atomic E-state index is 0.724. The van der Waals surface area contributed by atoms with E-state index in [1.807, 2.05) is 0 Å². The molecule has 3 heterocycles. The number of fused-ring (bicyclic) bond motifs is 3. The highest BCUT2D eigenvalue weighted by molar-refractivity contribution is 5.45. The van der Waals surface area contributed by atoms with Crippen LogP contribution in [0.5, 0.6) is 0 Å². The first-order chi connectivity index (χ1) is 9.31. The van der Waals surface area contributed by atoms with Crippen molar-refractivity contribution in [2.24, 2.45) is 5.92 Å². The van der Waals surface area contributed by atoms with Crippen LogP contribution < -0.4 is 10.6 Å². The summed E-state index contributed by atoms with van der Waals surface area (Å²) in [6.45, 7) is 8.11. The number of nitrogens with zero attached hydrogens (tertiary/aromatic N) is 1. The summed E-state index contributed by atoms with van der Waals surface area (Å²) in [6.07, 6.45) is 2.78. The Hall–Kier alpha value is -1.06. The maximum atomic E-state index is 3.73. The molecule has 104 valence electrons. The Kier molecular flexibility index (Phi) is 4.04. The van der Waals surface area contributed by atoms with Crippen LogP contribution in [0.25, 0.3) is 0 Å². The summed E-state index contributed by atoms with van der Waals surface area (Å²) in [6, 6.07) is 9.31. The topological polar surface area (TPSA) is 27.3 Å². The predicted octanol–water partition coefficient (Wildman–Crippen LogP) is 2.09. The molecule has 0 radical (unpaired) electrons. The quantitative estimate of drug-likeness (QED) is 0.793. The van der Waals surface area contributed by atoms with Gasteiger partial charge < -0.3 is 15.5 Å². The number of anilines is 1. The Balaban J connectivity index is 1.39. The molecule has 2 N–H and O–H groups in total. The van der Waals surface area contributed by atoms with Crippen LogP contribution in [0, 0.1) is 12.8 Å². The Morgan fingerprint density at radius 3 is 2.74 bits per heavy atom. The molecule has 2 bridgehead atoms. The highest BCUT2D eigenvalue weighted by Gasteiger charge is 2.33. The van der Waals surface area contributed by atoms with Crippen LogP contribution in [0.1, 0.15) is 18.4 Å². The highest BCUT2D eigenvalue weighted by Crippen LogP contribution is 2.27. The van der Waals surface area contributed by atoms with E-state index in [4.69, 9.17) is 0 Å². The highest BCUT2D eigenvalue weighted by atomic mass is 15.2. The maximum absolute atomic E-state index is 3.73. The molecule has 3 saturated heterocycles. The lowest BCUT2D eigenvalue weighted by Gasteiger charge is -2.45. The van der Waals surface area contributed by atoms with Crippen molar-refractivity contribution in [1.82, 2.24) is 10.2 Å². The summed E-state index contributed by atoms with van der Waals surface area (Å²) in [5.74, 6) is 0.920. The number of benzene rings is 1. The standard InChI is InChI=1S/C16H25N3/c1-13-3-2-4-15(11-13)17-7-8-18-16-12-19-9-5-14(16)6-10-19/h2-4,11,14,16-18H,5-10,12H2,1H3/t16-/m0/s1. The Morgan fingerprint density at radius 1 is 1.21 bits per heavy atom. The summed E-state index contributed by atoms with van der Waals surface area (Å²) in [5.41, 5.74) is 2.55. The smallest absolute Gasteiger partial charge is 0.0343 e. The molecular weight excluding hydrogens is 234 g/mol. The molecule has 3 nitrogen and oxygen atoms in total. The third-order valence-corrected chi connectivity index (χ3v) is 4.53. The van der Waals surface area contributed by atoms with Crippen LogP contribution in [0.3, 0.4) is 0 Å². The molecule has 3 aliphatic rings. The zero-order chi connectivity index (χ0) is 13.1. The third kappa shape index (κ3) is 3.28. The average Bonchev–Trinajstić information content (AvgIpc) is 2.45. The molecule has 0 amide bonds. The first-order valence-electron chi connectivity index (χ1n) is 7.57. The monoisotopic (exact) mass is 259 g/mol. The van der Waals surface area contributed by atoms with Crippen LogP contribution in [-0.2, 0) is 0 Å². The lowest BCUT2D eigenvalue weighted by atomic mass is 9.84. The summed E-state index contributed by atoms with van der Waals surface area (Å²) >= 11 is 0. The van der Waals surface area contributed by atoms with Gasteiger partial charge in [-0.05, 0) is 56.5 Å². The van der Waals surface area contributed by atoms with Gasteiger partial charge in [0.2, 0.25) is 0 Å². The molecule has 1 aromatic carbocycles. The van der Waals surface area contributed by atoms with Gasteiger partial charge in [0.15, 0.2) is 0 Å². The van der Waals surface area contributed by atoms with E-state index in [0.717, 1.165) is 25.0 Å². The Labute approximate surface area is 116 Å². The summed E-state index contributed by atoms with van der Waals surface area (Å²) < 4.78 is 0. The van der Waals surface area contributed by atoms with Crippen molar-refractivity contribution < 1.29 is 0 Å². The zero-order valence-electron chi connectivity index (χ0n) is 11.9. The van der Waals surface area contributed by atoms with Gasteiger partial charge in [-0.3, -0.25) is 0 Å². The van der Waals surface area contributed by atoms with E-state index in [-0.39, 0.29) is 0 Å². The first-order valence-corrected chi connectivity index (χ1v) is 7.57. The van der Waals surface area contributed by atoms with Gasteiger partial charge in [-0.1, -0.05) is 12.1 Å². The molecule has 0 spiro atoms. The van der Waals surface area contributed by atoms with Gasteiger partial charge in [0, 0.05) is 31.4 Å². The van der Waals surface area contributed by atoms with Crippen molar-refractivity contribution in [2.45, 2.75) is 25.8 Å². The Bertz CT molecular complexity index is 410. The van der Waals surface area contributed by atoms with E-state index < -0.39 is 0 Å². The van der Waals surface area contributed by atoms with E-state index in [1.165, 1.54) is 43.7 Å². The minimum atomic E-state index is 0.724. The van der Waals surface area contributed by atoms with Crippen LogP contribution in [0.15, 0.2) is 24.3 Å². The normalized spacial score (nSPS) is 29.4. The molecule has 1 aromatic rings. The number of aryl methyl sites for hydroxylation is 1. The van der Waals surface area contributed by atoms with Gasteiger partial charge in [0.1, 0.15) is 0 Å². The van der Waals surface area contributed by atoms with Crippen molar-refractivity contribution in [2.75, 3.05) is 38.0 Å². The molecule has 0 saturated carbocycles. The molecule has 0 unspecified atom stereocenters. The van der Waals surface area contributed by atoms with Crippen molar-refractivity contribution in [3.8, 4) is 0 Å². The Morgan fingerprint density at radius 2 is 2.05 bits per heavy atom. The van der Waals surface area contributed by atoms with E-state index >= 15 is 0 Å². The van der Waals surface area contributed by atoms with Crippen molar-refractivity contribution in [1.29, 1.82) is 0 Å². The third-order valence-electron chi connectivity index (χ3n) is 4.53. The van der Waals surface area contributed by atoms with Crippen LogP contribution in [-0.4, -0.2) is 43.7 Å². The van der Waals surface area contributed by atoms with Gasteiger partial charge in [0.05, 0.1) is 0 Å². The molecule has 0 aromatic heterocycles. The SMILES string of the molecule is Cc1cccc(NCCN[C@H]2CN3CCC2CC3)c1. The molecule has 1 atom stereocenters. The van der Waals surface area contributed by atoms with E-state index in [9.17, 15) is 0 Å². The molecule has 3 heteroatoms. The van der Waals surface area contributed by atoms with Gasteiger partial charge in [0.25, 0.3) is 0 Å². The molecule has 19 heavy (non-hydrogen) atoms. The predicted molar refractivity (Wildman–Crippen MR) is 80.6 cm³/mol. The molecule has 0 aliphatic carbocycles. The fourth-order valence-electron chi connectivity index (χ4n) is 3.42. The van der Waals surface area contributed by atoms with Gasteiger partial charge in [-0.2, -0.15) is 0 Å². The van der Waals surface area contributed by atoms with Crippen molar-refractivity contribution in [3.05, 3.63) is 29.8 Å². The maximum Gasteiger partial charge on any atom is 0.0343 e. The summed E-state index contributed by atoms with van der Waals surface area (Å²) in [7, 11) is 0. The average molecular weight is 259 g/mol. The van der Waals surface area contributed by atoms with E-state index in [1.54, 1.807) is 0 Å². The van der Waals surface area contributed by atoms with Crippen LogP contribution in [0.4, 0.5) is 5.69 Å². The molecular formula is C16H25N3.